The molecule has 0 atom stereocenters. The maximum Gasteiger partial charge on any atom is 0.234 e. The number of rotatable bonds is 9. The molecule has 0 aliphatic heterocycles. The van der Waals surface area contributed by atoms with E-state index < -0.39 is 0 Å². The zero-order chi connectivity index (χ0) is 22.2. The molecule has 0 aliphatic carbocycles. The Kier molecular flexibility index (Phi) is 7.61. The van der Waals surface area contributed by atoms with E-state index in [1.165, 1.54) is 11.8 Å². The summed E-state index contributed by atoms with van der Waals surface area (Å²) in [5.74, 6) is 0.384. The largest absolute Gasteiger partial charge is 0.325 e. The van der Waals surface area contributed by atoms with Crippen molar-refractivity contribution in [3.8, 4) is 0 Å². The number of carbonyl (C=O) groups is 2. The van der Waals surface area contributed by atoms with Crippen LogP contribution in [0.3, 0.4) is 0 Å². The SMILES string of the molecule is C=CCn1c(CC(=O)Nc2ccccc2C)nnc1SCC(=O)Nc1cccc(C)c1. The minimum Gasteiger partial charge on any atom is -0.325 e. The van der Waals surface area contributed by atoms with Gasteiger partial charge in [0, 0.05) is 17.9 Å². The highest BCUT2D eigenvalue weighted by Gasteiger charge is 2.17. The molecule has 7 nitrogen and oxygen atoms in total. The summed E-state index contributed by atoms with van der Waals surface area (Å²) in [7, 11) is 0. The fourth-order valence-corrected chi connectivity index (χ4v) is 3.74. The fourth-order valence-electron chi connectivity index (χ4n) is 2.97. The zero-order valence-electron chi connectivity index (χ0n) is 17.6. The van der Waals surface area contributed by atoms with Gasteiger partial charge in [-0.1, -0.05) is 48.2 Å². The van der Waals surface area contributed by atoms with E-state index >= 15 is 0 Å². The lowest BCUT2D eigenvalue weighted by Crippen LogP contribution is -2.18. The van der Waals surface area contributed by atoms with E-state index in [0.29, 0.717) is 17.5 Å². The van der Waals surface area contributed by atoms with Gasteiger partial charge in [-0.25, -0.2) is 0 Å². The Balaban J connectivity index is 1.63. The first-order valence-electron chi connectivity index (χ1n) is 9.84. The molecular weight excluding hydrogens is 410 g/mol. The third-order valence-corrected chi connectivity index (χ3v) is 5.44. The molecule has 160 valence electrons. The number of allylic oxidation sites excluding steroid dienone is 1. The quantitative estimate of drug-likeness (QED) is 0.392. The number of carbonyl (C=O) groups excluding carboxylic acids is 2. The van der Waals surface area contributed by atoms with Crippen molar-refractivity contribution in [1.29, 1.82) is 0 Å². The minimum absolute atomic E-state index is 0.0746. The molecule has 0 bridgehead atoms. The summed E-state index contributed by atoms with van der Waals surface area (Å²) in [6.07, 6.45) is 1.79. The summed E-state index contributed by atoms with van der Waals surface area (Å²) in [4.78, 5) is 24.8. The molecule has 0 spiro atoms. The molecular formula is C23H25N5O2S. The molecule has 3 rings (SSSR count). The fraction of sp³-hybridized carbons (Fsp3) is 0.217. The van der Waals surface area contributed by atoms with Crippen molar-refractivity contribution in [2.45, 2.75) is 32.0 Å². The van der Waals surface area contributed by atoms with Gasteiger partial charge in [0.2, 0.25) is 11.8 Å². The molecule has 3 aromatic rings. The highest BCUT2D eigenvalue weighted by Crippen LogP contribution is 2.19. The highest BCUT2D eigenvalue weighted by atomic mass is 32.2. The normalized spacial score (nSPS) is 10.5. The molecule has 2 N–H and O–H groups in total. The van der Waals surface area contributed by atoms with Gasteiger partial charge < -0.3 is 15.2 Å². The lowest BCUT2D eigenvalue weighted by Gasteiger charge is -2.10. The Labute approximate surface area is 186 Å². The van der Waals surface area contributed by atoms with Crippen molar-refractivity contribution >= 4 is 35.0 Å². The molecule has 1 heterocycles. The Hall–Kier alpha value is -3.39. The Morgan fingerprint density at radius 2 is 1.87 bits per heavy atom. The first-order chi connectivity index (χ1) is 15.0. The van der Waals surface area contributed by atoms with Crippen LogP contribution in [-0.4, -0.2) is 32.3 Å². The number of nitrogens with one attached hydrogen (secondary N) is 2. The zero-order valence-corrected chi connectivity index (χ0v) is 18.4. The smallest absolute Gasteiger partial charge is 0.234 e. The number of aryl methyl sites for hydroxylation is 2. The van der Waals surface area contributed by atoms with E-state index in [1.54, 1.807) is 10.6 Å². The van der Waals surface area contributed by atoms with Crippen molar-refractivity contribution in [3.05, 3.63) is 78.1 Å². The lowest BCUT2D eigenvalue weighted by atomic mass is 10.2. The van der Waals surface area contributed by atoms with Gasteiger partial charge in [-0.2, -0.15) is 0 Å². The Bertz CT molecular complexity index is 1090. The van der Waals surface area contributed by atoms with Crippen LogP contribution in [0, 0.1) is 13.8 Å². The number of aromatic nitrogens is 3. The maximum atomic E-state index is 12.5. The second-order valence-electron chi connectivity index (χ2n) is 7.04. The minimum atomic E-state index is -0.180. The van der Waals surface area contributed by atoms with Gasteiger partial charge in [-0.15, -0.1) is 16.8 Å². The average Bonchev–Trinajstić information content (AvgIpc) is 3.10. The van der Waals surface area contributed by atoms with Gasteiger partial charge in [0.1, 0.15) is 5.82 Å². The highest BCUT2D eigenvalue weighted by molar-refractivity contribution is 7.99. The number of hydrogen-bond donors (Lipinski definition) is 2. The number of nitrogens with zero attached hydrogens (tertiary/aromatic N) is 3. The number of amides is 2. The predicted molar refractivity (Wildman–Crippen MR) is 124 cm³/mol. The molecule has 2 aromatic carbocycles. The Morgan fingerprint density at radius 3 is 2.61 bits per heavy atom. The number of para-hydroxylation sites is 1. The number of hydrogen-bond acceptors (Lipinski definition) is 5. The van der Waals surface area contributed by atoms with Crippen LogP contribution in [-0.2, 0) is 22.6 Å². The number of anilines is 2. The van der Waals surface area contributed by atoms with Crippen molar-refractivity contribution < 1.29 is 9.59 Å². The van der Waals surface area contributed by atoms with Crippen LogP contribution in [0.1, 0.15) is 17.0 Å². The van der Waals surface area contributed by atoms with Gasteiger partial charge in [-0.05, 0) is 43.2 Å². The monoisotopic (exact) mass is 435 g/mol. The summed E-state index contributed by atoms with van der Waals surface area (Å²) >= 11 is 1.27. The van der Waals surface area contributed by atoms with Gasteiger partial charge >= 0.3 is 0 Å². The standard InChI is InChI=1S/C23H25N5O2S/c1-4-12-28-20(14-21(29)25-19-11-6-5-9-17(19)3)26-27-23(28)31-15-22(30)24-18-10-7-8-16(2)13-18/h4-11,13H,1,12,14-15H2,2-3H3,(H,24,30)(H,25,29). The summed E-state index contributed by atoms with van der Waals surface area (Å²) in [6, 6.07) is 15.2. The van der Waals surface area contributed by atoms with Crippen LogP contribution in [0.5, 0.6) is 0 Å². The van der Waals surface area contributed by atoms with Gasteiger partial charge in [0.15, 0.2) is 5.16 Å². The van der Waals surface area contributed by atoms with Gasteiger partial charge in [-0.3, -0.25) is 9.59 Å². The number of thioether (sulfide) groups is 1. The molecule has 0 fully saturated rings. The lowest BCUT2D eigenvalue weighted by molar-refractivity contribution is -0.116. The van der Waals surface area contributed by atoms with Crippen LogP contribution < -0.4 is 10.6 Å². The molecule has 0 radical (unpaired) electrons. The molecule has 1 aromatic heterocycles. The molecule has 0 aliphatic rings. The summed E-state index contributed by atoms with van der Waals surface area (Å²) in [6.45, 7) is 8.12. The predicted octanol–water partition coefficient (Wildman–Crippen LogP) is 3.99. The first-order valence-corrected chi connectivity index (χ1v) is 10.8. The van der Waals surface area contributed by atoms with Crippen LogP contribution in [0.25, 0.3) is 0 Å². The van der Waals surface area contributed by atoms with Crippen LogP contribution >= 0.6 is 11.8 Å². The van der Waals surface area contributed by atoms with E-state index in [4.69, 9.17) is 0 Å². The van der Waals surface area contributed by atoms with Crippen molar-refractivity contribution in [3.63, 3.8) is 0 Å². The van der Waals surface area contributed by atoms with E-state index in [0.717, 1.165) is 22.5 Å². The van der Waals surface area contributed by atoms with E-state index in [9.17, 15) is 9.59 Å². The number of benzene rings is 2. The second-order valence-corrected chi connectivity index (χ2v) is 7.99. The maximum absolute atomic E-state index is 12.5. The third kappa shape index (κ3) is 6.29. The molecule has 31 heavy (non-hydrogen) atoms. The molecule has 2 amide bonds. The van der Waals surface area contributed by atoms with E-state index in [1.807, 2.05) is 62.4 Å². The van der Waals surface area contributed by atoms with Crippen molar-refractivity contribution in [2.24, 2.45) is 0 Å². The van der Waals surface area contributed by atoms with Crippen LogP contribution in [0.15, 0.2) is 66.3 Å². The second kappa shape index (κ2) is 10.6. The van der Waals surface area contributed by atoms with Crippen molar-refractivity contribution in [2.75, 3.05) is 16.4 Å². The first kappa shape index (κ1) is 22.3. The van der Waals surface area contributed by atoms with E-state index in [2.05, 4.69) is 27.4 Å². The molecule has 0 unspecified atom stereocenters. The molecule has 0 saturated heterocycles. The summed E-state index contributed by atoms with van der Waals surface area (Å²) in [5, 5.41) is 14.7. The van der Waals surface area contributed by atoms with Crippen LogP contribution in [0.2, 0.25) is 0 Å². The Morgan fingerprint density at radius 1 is 1.06 bits per heavy atom. The molecule has 0 saturated carbocycles. The van der Waals surface area contributed by atoms with Crippen LogP contribution in [0.4, 0.5) is 11.4 Å². The third-order valence-electron chi connectivity index (χ3n) is 4.48. The average molecular weight is 436 g/mol. The topological polar surface area (TPSA) is 88.9 Å². The molecule has 8 heteroatoms. The van der Waals surface area contributed by atoms with Gasteiger partial charge in [0.05, 0.1) is 12.2 Å². The van der Waals surface area contributed by atoms with E-state index in [-0.39, 0.29) is 24.0 Å². The van der Waals surface area contributed by atoms with Gasteiger partial charge in [0.25, 0.3) is 0 Å². The van der Waals surface area contributed by atoms with Crippen molar-refractivity contribution in [1.82, 2.24) is 14.8 Å². The summed E-state index contributed by atoms with van der Waals surface area (Å²) in [5.41, 5.74) is 3.58. The summed E-state index contributed by atoms with van der Waals surface area (Å²) < 4.78 is 1.80.